The molecular formula is C11H14F3NO4. The monoisotopic (exact) mass is 281 g/mol. The van der Waals surface area contributed by atoms with Crippen molar-refractivity contribution >= 4 is 11.9 Å². The highest BCUT2D eigenvalue weighted by Gasteiger charge is 2.64. The van der Waals surface area contributed by atoms with Crippen LogP contribution in [-0.4, -0.2) is 53.9 Å². The van der Waals surface area contributed by atoms with Crippen LogP contribution in [0.3, 0.4) is 0 Å². The number of carbonyl (C=O) groups excluding carboxylic acids is 1. The summed E-state index contributed by atoms with van der Waals surface area (Å²) in [6, 6.07) is 0. The fraction of sp³-hybridized carbons (Fsp3) is 0.818. The number of hydrogen-bond donors (Lipinski definition) is 1. The van der Waals surface area contributed by atoms with Crippen LogP contribution in [0.4, 0.5) is 13.2 Å². The zero-order chi connectivity index (χ0) is 14.3. The van der Waals surface area contributed by atoms with Crippen molar-refractivity contribution in [3.05, 3.63) is 0 Å². The third-order valence-corrected chi connectivity index (χ3v) is 3.74. The number of likely N-dealkylation sites (tertiary alicyclic amines) is 1. The molecule has 0 aromatic rings. The molecule has 0 aromatic heterocycles. The van der Waals surface area contributed by atoms with Crippen LogP contribution < -0.4 is 0 Å². The van der Waals surface area contributed by atoms with Crippen molar-refractivity contribution in [2.24, 2.45) is 5.41 Å². The summed E-state index contributed by atoms with van der Waals surface area (Å²) in [5.74, 6) is -2.47. The Labute approximate surface area is 107 Å². The zero-order valence-corrected chi connectivity index (χ0v) is 10.1. The van der Waals surface area contributed by atoms with E-state index >= 15 is 0 Å². The second-order valence-electron chi connectivity index (χ2n) is 4.90. The van der Waals surface area contributed by atoms with Crippen LogP contribution in [0, 0.1) is 5.41 Å². The van der Waals surface area contributed by atoms with Crippen molar-refractivity contribution < 1.29 is 32.6 Å². The lowest BCUT2D eigenvalue weighted by molar-refractivity contribution is -0.227. The largest absolute Gasteiger partial charge is 0.481 e. The van der Waals surface area contributed by atoms with Gasteiger partial charge in [0.15, 0.2) is 5.41 Å². The van der Waals surface area contributed by atoms with Gasteiger partial charge >= 0.3 is 12.1 Å². The summed E-state index contributed by atoms with van der Waals surface area (Å²) in [5, 5.41) is 8.88. The Morgan fingerprint density at radius 2 is 2.05 bits per heavy atom. The minimum atomic E-state index is -4.87. The maximum atomic E-state index is 12.9. The van der Waals surface area contributed by atoms with Crippen molar-refractivity contribution in [2.45, 2.75) is 31.5 Å². The molecule has 2 rings (SSSR count). The zero-order valence-electron chi connectivity index (χ0n) is 10.1. The van der Waals surface area contributed by atoms with E-state index in [-0.39, 0.29) is 6.54 Å². The summed E-state index contributed by atoms with van der Waals surface area (Å²) in [5.41, 5.74) is -2.85. The lowest BCUT2D eigenvalue weighted by atomic mass is 9.86. The average molecular weight is 281 g/mol. The molecule has 0 aromatic carbocycles. The molecule has 0 bridgehead atoms. The smallest absolute Gasteiger partial charge is 0.406 e. The van der Waals surface area contributed by atoms with Crippen LogP contribution in [0.1, 0.15) is 19.3 Å². The quantitative estimate of drug-likeness (QED) is 0.821. The fourth-order valence-corrected chi connectivity index (χ4v) is 2.50. The molecular weight excluding hydrogens is 267 g/mol. The number of rotatable bonds is 2. The highest BCUT2D eigenvalue weighted by Crippen LogP contribution is 2.46. The molecule has 0 radical (unpaired) electrons. The minimum absolute atomic E-state index is 0.204. The van der Waals surface area contributed by atoms with Crippen LogP contribution in [-0.2, 0) is 14.3 Å². The van der Waals surface area contributed by atoms with Gasteiger partial charge in [-0.05, 0) is 19.3 Å². The first kappa shape index (κ1) is 14.1. The van der Waals surface area contributed by atoms with E-state index in [1.54, 1.807) is 0 Å². The van der Waals surface area contributed by atoms with E-state index in [4.69, 9.17) is 9.84 Å². The standard InChI is InChI=1S/C11H14F3NO4/c12-11(13,14)10(9(17)18)3-4-15(6-10)8(16)7-2-1-5-19-7/h7H,1-6H2,(H,17,18). The second kappa shape index (κ2) is 4.66. The van der Waals surface area contributed by atoms with Gasteiger partial charge in [-0.1, -0.05) is 0 Å². The Morgan fingerprint density at radius 1 is 1.37 bits per heavy atom. The van der Waals surface area contributed by atoms with Crippen molar-refractivity contribution in [3.8, 4) is 0 Å². The Morgan fingerprint density at radius 3 is 2.47 bits per heavy atom. The molecule has 1 amide bonds. The van der Waals surface area contributed by atoms with E-state index in [9.17, 15) is 22.8 Å². The van der Waals surface area contributed by atoms with E-state index in [1.807, 2.05) is 0 Å². The maximum Gasteiger partial charge on any atom is 0.406 e. The highest BCUT2D eigenvalue weighted by molar-refractivity contribution is 5.84. The normalized spacial score (nSPS) is 31.7. The van der Waals surface area contributed by atoms with E-state index in [0.29, 0.717) is 19.4 Å². The molecule has 2 atom stereocenters. The van der Waals surface area contributed by atoms with Crippen LogP contribution in [0.25, 0.3) is 0 Å². The minimum Gasteiger partial charge on any atom is -0.481 e. The molecule has 2 aliphatic rings. The van der Waals surface area contributed by atoms with E-state index < -0.39 is 42.5 Å². The lowest BCUT2D eigenvalue weighted by Gasteiger charge is -2.27. The summed E-state index contributed by atoms with van der Waals surface area (Å²) in [7, 11) is 0. The molecule has 0 saturated carbocycles. The number of carboxylic acid groups (broad SMARTS) is 1. The maximum absolute atomic E-state index is 12.9. The Hall–Kier alpha value is -1.31. The fourth-order valence-electron chi connectivity index (χ4n) is 2.50. The molecule has 0 aliphatic carbocycles. The van der Waals surface area contributed by atoms with Gasteiger partial charge in [0.1, 0.15) is 6.10 Å². The lowest BCUT2D eigenvalue weighted by Crippen LogP contribution is -2.48. The first-order valence-electron chi connectivity index (χ1n) is 5.98. The van der Waals surface area contributed by atoms with Crippen molar-refractivity contribution in [1.29, 1.82) is 0 Å². The predicted molar refractivity (Wildman–Crippen MR) is 56.3 cm³/mol. The molecule has 2 fully saturated rings. The number of hydrogen-bond acceptors (Lipinski definition) is 3. The number of amides is 1. The summed E-state index contributed by atoms with van der Waals surface area (Å²) >= 11 is 0. The van der Waals surface area contributed by atoms with Crippen LogP contribution >= 0.6 is 0 Å². The number of ether oxygens (including phenoxy) is 1. The van der Waals surface area contributed by atoms with E-state index in [1.165, 1.54) is 0 Å². The van der Waals surface area contributed by atoms with Gasteiger partial charge in [-0.2, -0.15) is 13.2 Å². The molecule has 108 valence electrons. The van der Waals surface area contributed by atoms with Gasteiger partial charge in [0.25, 0.3) is 5.91 Å². The number of carbonyl (C=O) groups is 2. The van der Waals surface area contributed by atoms with Crippen LogP contribution in [0.15, 0.2) is 0 Å². The summed E-state index contributed by atoms with van der Waals surface area (Å²) in [4.78, 5) is 23.9. The molecule has 2 unspecified atom stereocenters. The second-order valence-corrected chi connectivity index (χ2v) is 4.90. The van der Waals surface area contributed by atoms with Crippen molar-refractivity contribution in [1.82, 2.24) is 4.90 Å². The Bertz CT molecular complexity index is 392. The van der Waals surface area contributed by atoms with Gasteiger partial charge in [0.05, 0.1) is 0 Å². The topological polar surface area (TPSA) is 66.8 Å². The molecule has 2 saturated heterocycles. The number of nitrogens with zero attached hydrogens (tertiary/aromatic N) is 1. The highest BCUT2D eigenvalue weighted by atomic mass is 19.4. The molecule has 8 heteroatoms. The molecule has 5 nitrogen and oxygen atoms in total. The summed E-state index contributed by atoms with van der Waals surface area (Å²) in [6.45, 7) is -0.622. The summed E-state index contributed by atoms with van der Waals surface area (Å²) in [6.07, 6.45) is -5.04. The third kappa shape index (κ3) is 2.29. The third-order valence-electron chi connectivity index (χ3n) is 3.74. The first-order valence-corrected chi connectivity index (χ1v) is 5.98. The molecule has 0 spiro atoms. The van der Waals surface area contributed by atoms with Gasteiger partial charge in [-0.25, -0.2) is 0 Å². The van der Waals surface area contributed by atoms with Crippen molar-refractivity contribution in [2.75, 3.05) is 19.7 Å². The molecule has 19 heavy (non-hydrogen) atoms. The number of alkyl halides is 3. The van der Waals surface area contributed by atoms with Gasteiger partial charge in [0, 0.05) is 19.7 Å². The molecule has 2 aliphatic heterocycles. The van der Waals surface area contributed by atoms with Gasteiger partial charge in [-0.15, -0.1) is 0 Å². The Kier molecular flexibility index (Phi) is 3.46. The Balaban J connectivity index is 2.13. The summed E-state index contributed by atoms with van der Waals surface area (Å²) < 4.78 is 43.9. The average Bonchev–Trinajstić information content (AvgIpc) is 2.97. The van der Waals surface area contributed by atoms with E-state index in [2.05, 4.69) is 0 Å². The first-order chi connectivity index (χ1) is 8.78. The molecule has 2 heterocycles. The van der Waals surface area contributed by atoms with Crippen LogP contribution in [0.2, 0.25) is 0 Å². The molecule has 1 N–H and O–H groups in total. The van der Waals surface area contributed by atoms with Crippen molar-refractivity contribution in [3.63, 3.8) is 0 Å². The van der Waals surface area contributed by atoms with Crippen LogP contribution in [0.5, 0.6) is 0 Å². The van der Waals surface area contributed by atoms with Gasteiger partial charge < -0.3 is 14.7 Å². The number of aliphatic carboxylic acids is 1. The van der Waals surface area contributed by atoms with E-state index in [0.717, 1.165) is 4.90 Å². The number of halogens is 3. The number of carboxylic acids is 1. The van der Waals surface area contributed by atoms with Gasteiger partial charge in [0.2, 0.25) is 0 Å². The predicted octanol–water partition coefficient (Wildman–Crippen LogP) is 1.03. The van der Waals surface area contributed by atoms with Gasteiger partial charge in [-0.3, -0.25) is 9.59 Å². The SMILES string of the molecule is O=C(C1CCCO1)N1CCC(C(=O)O)(C(F)(F)F)C1.